The van der Waals surface area contributed by atoms with E-state index in [4.69, 9.17) is 0 Å². The zero-order chi connectivity index (χ0) is 20.1. The van der Waals surface area contributed by atoms with Crippen LogP contribution < -0.4 is 10.2 Å². The molecule has 0 bridgehead atoms. The molecule has 2 aliphatic rings. The maximum absolute atomic E-state index is 12.5. The highest BCUT2D eigenvalue weighted by atomic mass is 16.6. The summed E-state index contributed by atoms with van der Waals surface area (Å²) in [6.45, 7) is 2.21. The lowest BCUT2D eigenvalue weighted by molar-refractivity contribution is -0.384. The lowest BCUT2D eigenvalue weighted by Gasteiger charge is -2.25. The standard InChI is InChI=1S/C19H26N4O5/c1-28-18(24)14-7-8-16(17(13-14)23(26)27)21-9-4-10-22(12-11-21)19(25)20-15-5-2-3-6-15/h7-8,13,15H,2-6,9-12H2,1H3,(H,20,25). The number of amides is 2. The largest absolute Gasteiger partial charge is 0.465 e. The number of rotatable bonds is 4. The molecule has 2 fully saturated rings. The van der Waals surface area contributed by atoms with Crippen LogP contribution in [0.2, 0.25) is 0 Å². The minimum absolute atomic E-state index is 0.0516. The molecule has 2 amide bonds. The van der Waals surface area contributed by atoms with Gasteiger partial charge >= 0.3 is 12.0 Å². The van der Waals surface area contributed by atoms with E-state index in [0.29, 0.717) is 38.3 Å². The third-order valence-corrected chi connectivity index (χ3v) is 5.40. The van der Waals surface area contributed by atoms with Crippen LogP contribution in [0, 0.1) is 10.1 Å². The Balaban J connectivity index is 1.70. The zero-order valence-electron chi connectivity index (χ0n) is 16.1. The fourth-order valence-corrected chi connectivity index (χ4v) is 3.88. The van der Waals surface area contributed by atoms with Crippen LogP contribution in [0.15, 0.2) is 18.2 Å². The highest BCUT2D eigenvalue weighted by Gasteiger charge is 2.26. The Morgan fingerprint density at radius 1 is 1.14 bits per heavy atom. The van der Waals surface area contributed by atoms with Gasteiger partial charge in [-0.15, -0.1) is 0 Å². The van der Waals surface area contributed by atoms with Gasteiger partial charge in [-0.25, -0.2) is 9.59 Å². The molecular formula is C19H26N4O5. The van der Waals surface area contributed by atoms with E-state index in [1.54, 1.807) is 11.0 Å². The van der Waals surface area contributed by atoms with Gasteiger partial charge in [0.1, 0.15) is 5.69 Å². The van der Waals surface area contributed by atoms with Crippen molar-refractivity contribution in [1.29, 1.82) is 0 Å². The summed E-state index contributed by atoms with van der Waals surface area (Å²) in [5.74, 6) is -0.611. The van der Waals surface area contributed by atoms with E-state index in [2.05, 4.69) is 10.1 Å². The smallest absolute Gasteiger partial charge is 0.338 e. The molecule has 1 aromatic carbocycles. The fourth-order valence-electron chi connectivity index (χ4n) is 3.88. The van der Waals surface area contributed by atoms with Gasteiger partial charge in [-0.2, -0.15) is 0 Å². The van der Waals surface area contributed by atoms with Crippen LogP contribution in [0.3, 0.4) is 0 Å². The lowest BCUT2D eigenvalue weighted by atomic mass is 10.1. The second-order valence-electron chi connectivity index (χ2n) is 7.21. The first-order valence-corrected chi connectivity index (χ1v) is 9.66. The third kappa shape index (κ3) is 4.52. The maximum Gasteiger partial charge on any atom is 0.338 e. The van der Waals surface area contributed by atoms with Gasteiger partial charge in [0, 0.05) is 38.3 Å². The molecule has 9 nitrogen and oxygen atoms in total. The number of nitro benzene ring substituents is 1. The Labute approximate surface area is 163 Å². The van der Waals surface area contributed by atoms with Gasteiger partial charge in [0.15, 0.2) is 0 Å². The zero-order valence-corrected chi connectivity index (χ0v) is 16.1. The molecule has 1 saturated carbocycles. The summed E-state index contributed by atoms with van der Waals surface area (Å²) in [4.78, 5) is 38.9. The molecule has 1 aromatic rings. The van der Waals surface area contributed by atoms with Crippen molar-refractivity contribution in [2.24, 2.45) is 0 Å². The molecule has 1 N–H and O–H groups in total. The number of nitrogens with one attached hydrogen (secondary N) is 1. The Kier molecular flexibility index (Phi) is 6.33. The van der Waals surface area contributed by atoms with Gasteiger partial charge in [-0.1, -0.05) is 12.8 Å². The van der Waals surface area contributed by atoms with Crippen molar-refractivity contribution >= 4 is 23.4 Å². The number of anilines is 1. The van der Waals surface area contributed by atoms with Crippen LogP contribution in [0.5, 0.6) is 0 Å². The van der Waals surface area contributed by atoms with Crippen LogP contribution in [-0.2, 0) is 4.74 Å². The van der Waals surface area contributed by atoms with Crippen LogP contribution in [0.4, 0.5) is 16.2 Å². The molecule has 0 spiro atoms. The Morgan fingerprint density at radius 3 is 2.57 bits per heavy atom. The Bertz CT molecular complexity index is 748. The van der Waals surface area contributed by atoms with Gasteiger partial charge in [-0.05, 0) is 31.4 Å². The van der Waals surface area contributed by atoms with E-state index in [1.165, 1.54) is 19.2 Å². The third-order valence-electron chi connectivity index (χ3n) is 5.40. The number of urea groups is 1. The quantitative estimate of drug-likeness (QED) is 0.481. The second kappa shape index (κ2) is 8.90. The number of hydrogen-bond acceptors (Lipinski definition) is 6. The molecule has 1 aliphatic heterocycles. The monoisotopic (exact) mass is 390 g/mol. The number of nitrogens with zero attached hydrogens (tertiary/aromatic N) is 3. The van der Waals surface area contributed by atoms with Crippen LogP contribution in [-0.4, -0.2) is 61.2 Å². The molecule has 9 heteroatoms. The van der Waals surface area contributed by atoms with Gasteiger partial charge < -0.3 is 19.9 Å². The van der Waals surface area contributed by atoms with E-state index in [1.807, 2.05) is 4.90 Å². The van der Waals surface area contributed by atoms with Crippen molar-refractivity contribution in [2.45, 2.75) is 38.1 Å². The highest BCUT2D eigenvalue weighted by molar-refractivity contribution is 5.91. The highest BCUT2D eigenvalue weighted by Crippen LogP contribution is 2.30. The van der Waals surface area contributed by atoms with Gasteiger partial charge in [-0.3, -0.25) is 10.1 Å². The van der Waals surface area contributed by atoms with Crippen molar-refractivity contribution in [3.05, 3.63) is 33.9 Å². The summed E-state index contributed by atoms with van der Waals surface area (Å²) in [6.07, 6.45) is 5.09. The van der Waals surface area contributed by atoms with Crippen molar-refractivity contribution in [1.82, 2.24) is 10.2 Å². The topological polar surface area (TPSA) is 105 Å². The lowest BCUT2D eigenvalue weighted by Crippen LogP contribution is -2.45. The number of carbonyl (C=O) groups excluding carboxylic acids is 2. The van der Waals surface area contributed by atoms with Crippen LogP contribution >= 0.6 is 0 Å². The summed E-state index contributed by atoms with van der Waals surface area (Å²) in [5, 5.41) is 14.6. The molecule has 1 aliphatic carbocycles. The molecule has 0 unspecified atom stereocenters. The SMILES string of the molecule is COC(=O)c1ccc(N2CCCN(C(=O)NC3CCCC3)CC2)c([N+](=O)[O-])c1. The molecular weight excluding hydrogens is 364 g/mol. The molecule has 0 aromatic heterocycles. The molecule has 0 radical (unpaired) electrons. The molecule has 1 saturated heterocycles. The summed E-state index contributed by atoms with van der Waals surface area (Å²) >= 11 is 0. The molecule has 0 atom stereocenters. The second-order valence-corrected chi connectivity index (χ2v) is 7.21. The van der Waals surface area contributed by atoms with E-state index in [9.17, 15) is 19.7 Å². The van der Waals surface area contributed by atoms with E-state index < -0.39 is 10.9 Å². The number of esters is 1. The number of hydrogen-bond donors (Lipinski definition) is 1. The molecule has 28 heavy (non-hydrogen) atoms. The van der Waals surface area contributed by atoms with Gasteiger partial charge in [0.05, 0.1) is 17.6 Å². The van der Waals surface area contributed by atoms with E-state index >= 15 is 0 Å². The number of carbonyl (C=O) groups is 2. The fraction of sp³-hybridized carbons (Fsp3) is 0.579. The average Bonchev–Trinajstić information content (AvgIpc) is 3.08. The predicted octanol–water partition coefficient (Wildman–Crippen LogP) is 2.55. The maximum atomic E-state index is 12.5. The first-order chi connectivity index (χ1) is 13.5. The number of nitro groups is 1. The number of benzene rings is 1. The summed E-state index contributed by atoms with van der Waals surface area (Å²) < 4.78 is 4.65. The number of ether oxygens (including phenoxy) is 1. The van der Waals surface area contributed by atoms with Crippen molar-refractivity contribution in [3.63, 3.8) is 0 Å². The van der Waals surface area contributed by atoms with Gasteiger partial charge in [0.2, 0.25) is 0 Å². The van der Waals surface area contributed by atoms with Gasteiger partial charge in [0.25, 0.3) is 5.69 Å². The summed E-state index contributed by atoms with van der Waals surface area (Å²) in [5.41, 5.74) is 0.466. The summed E-state index contributed by atoms with van der Waals surface area (Å²) in [6, 6.07) is 4.57. The summed E-state index contributed by atoms with van der Waals surface area (Å²) in [7, 11) is 1.24. The minimum Gasteiger partial charge on any atom is -0.465 e. The average molecular weight is 390 g/mol. The Morgan fingerprint density at radius 2 is 1.89 bits per heavy atom. The van der Waals surface area contributed by atoms with E-state index in [-0.39, 0.29) is 23.3 Å². The number of methoxy groups -OCH3 is 1. The molecule has 3 rings (SSSR count). The molecule has 152 valence electrons. The van der Waals surface area contributed by atoms with Crippen LogP contribution in [0.1, 0.15) is 42.5 Å². The minimum atomic E-state index is -0.611. The Hall–Kier alpha value is -2.84. The van der Waals surface area contributed by atoms with E-state index in [0.717, 1.165) is 25.7 Å². The normalized spacial score (nSPS) is 17.9. The van der Waals surface area contributed by atoms with Crippen molar-refractivity contribution in [3.8, 4) is 0 Å². The van der Waals surface area contributed by atoms with Crippen molar-refractivity contribution < 1.29 is 19.2 Å². The predicted molar refractivity (Wildman–Crippen MR) is 104 cm³/mol. The van der Waals surface area contributed by atoms with Crippen molar-refractivity contribution in [2.75, 3.05) is 38.2 Å². The molecule has 1 heterocycles. The first-order valence-electron chi connectivity index (χ1n) is 9.66. The van der Waals surface area contributed by atoms with Crippen LogP contribution in [0.25, 0.3) is 0 Å². The first kappa shape index (κ1) is 19.9.